The van der Waals surface area contributed by atoms with Crippen LogP contribution >= 0.6 is 23.2 Å². The van der Waals surface area contributed by atoms with Crippen molar-refractivity contribution >= 4 is 35.1 Å². The average Bonchev–Trinajstić information content (AvgIpc) is 3.14. The third kappa shape index (κ3) is 9.84. The van der Waals surface area contributed by atoms with E-state index in [0.717, 1.165) is 25.9 Å². The molecule has 286 valence electrons. The minimum absolute atomic E-state index is 0.0293. The standard InChI is InChI=1S/C40H40Cl2F3N3O6/c1-23(2)51-35-17-26(10-11-33(35)54-40(44)45)34(18-29-30(41)20-46-21-31(29)42)52-38(49)27-7-5-6-24(16-27)19-47-37(28-8-3-4-9-32(28)43)39(50)53-36-22-48-14-12-25(36)13-15-48/h3-11,16-17,20-21,23,25,34,36-37,40,47H,12-15,18-19,22H2,1-2H3/p+1/t34-,36-,37?/m0/s1. The molecule has 3 saturated heterocycles. The van der Waals surface area contributed by atoms with Crippen LogP contribution in [0.4, 0.5) is 13.2 Å². The van der Waals surface area contributed by atoms with Crippen LogP contribution in [0.2, 0.25) is 10.0 Å². The van der Waals surface area contributed by atoms with Gasteiger partial charge in [-0.1, -0.05) is 59.6 Å². The second-order valence-electron chi connectivity index (χ2n) is 13.6. The maximum absolute atomic E-state index is 15.1. The van der Waals surface area contributed by atoms with Crippen molar-refractivity contribution in [3.8, 4) is 11.5 Å². The molecule has 0 radical (unpaired) electrons. The predicted octanol–water partition coefficient (Wildman–Crippen LogP) is 7.94. The SMILES string of the molecule is CC(C)Oc1cc([C@H](Cc2c(Cl)c[nH+]cc2Cl)OC(=O)c2cccc(CNC(C(=O)O[C@H]3CN4CCC3CC4)c3ccccc3F)c2)ccc1OC(F)F. The molecular formula is C40H41Cl2F3N3O6+. The number of rotatable bonds is 15. The molecule has 3 atom stereocenters. The molecule has 3 aromatic carbocycles. The number of aromatic amines is 1. The van der Waals surface area contributed by atoms with E-state index < -0.39 is 36.5 Å². The molecule has 9 nitrogen and oxygen atoms in total. The Morgan fingerprint density at radius 3 is 2.35 bits per heavy atom. The Labute approximate surface area is 321 Å². The highest BCUT2D eigenvalue weighted by atomic mass is 35.5. The van der Waals surface area contributed by atoms with Crippen molar-refractivity contribution in [2.75, 3.05) is 19.6 Å². The van der Waals surface area contributed by atoms with Crippen LogP contribution in [0.3, 0.4) is 0 Å². The molecule has 54 heavy (non-hydrogen) atoms. The fourth-order valence-electron chi connectivity index (χ4n) is 6.87. The van der Waals surface area contributed by atoms with E-state index in [0.29, 0.717) is 33.3 Å². The number of nitrogens with one attached hydrogen (secondary N) is 2. The third-order valence-electron chi connectivity index (χ3n) is 9.54. The molecule has 3 aliphatic rings. The van der Waals surface area contributed by atoms with Crippen molar-refractivity contribution in [3.63, 3.8) is 0 Å². The fourth-order valence-corrected chi connectivity index (χ4v) is 7.40. The van der Waals surface area contributed by atoms with Gasteiger partial charge in [0.1, 0.15) is 34.1 Å². The van der Waals surface area contributed by atoms with E-state index in [4.69, 9.17) is 37.4 Å². The highest BCUT2D eigenvalue weighted by Gasteiger charge is 2.38. The van der Waals surface area contributed by atoms with Gasteiger partial charge >= 0.3 is 18.6 Å². The third-order valence-corrected chi connectivity index (χ3v) is 10.2. The summed E-state index contributed by atoms with van der Waals surface area (Å²) in [5, 5.41) is 3.74. The highest BCUT2D eigenvalue weighted by molar-refractivity contribution is 6.35. The van der Waals surface area contributed by atoms with Crippen LogP contribution in [0.15, 0.2) is 79.1 Å². The minimum Gasteiger partial charge on any atom is -0.487 e. The largest absolute Gasteiger partial charge is 0.487 e. The van der Waals surface area contributed by atoms with Crippen molar-refractivity contribution in [1.29, 1.82) is 0 Å². The number of pyridine rings is 1. The summed E-state index contributed by atoms with van der Waals surface area (Å²) >= 11 is 13.0. The molecule has 4 aromatic rings. The Kier molecular flexibility index (Phi) is 13.0. The first-order valence-corrected chi connectivity index (χ1v) is 18.5. The van der Waals surface area contributed by atoms with Gasteiger partial charge in [-0.3, -0.25) is 10.2 Å². The van der Waals surface area contributed by atoms with Gasteiger partial charge in [0.05, 0.1) is 11.7 Å². The number of halogens is 5. The van der Waals surface area contributed by atoms with Crippen molar-refractivity contribution in [2.45, 2.75) is 70.6 Å². The first-order chi connectivity index (χ1) is 25.9. The number of piperidine rings is 3. The summed E-state index contributed by atoms with van der Waals surface area (Å²) in [5.41, 5.74) is 1.85. The van der Waals surface area contributed by atoms with Gasteiger partial charge in [0.2, 0.25) is 0 Å². The van der Waals surface area contributed by atoms with Crippen molar-refractivity contribution in [2.24, 2.45) is 5.92 Å². The van der Waals surface area contributed by atoms with Gasteiger partial charge < -0.3 is 18.9 Å². The number of hydrogen-bond donors (Lipinski definition) is 1. The highest BCUT2D eigenvalue weighted by Crippen LogP contribution is 2.37. The number of fused-ring (bicyclic) bond motifs is 3. The molecule has 1 aromatic heterocycles. The number of ether oxygens (including phenoxy) is 4. The topological polar surface area (TPSA) is 100 Å². The molecule has 0 amide bonds. The van der Waals surface area contributed by atoms with E-state index in [9.17, 15) is 18.4 Å². The van der Waals surface area contributed by atoms with E-state index in [1.54, 1.807) is 56.3 Å². The molecule has 1 unspecified atom stereocenters. The molecule has 0 saturated carbocycles. The lowest BCUT2D eigenvalue weighted by Gasteiger charge is -2.44. The lowest BCUT2D eigenvalue weighted by molar-refractivity contribution is -0.377. The smallest absolute Gasteiger partial charge is 0.387 e. The number of hydrogen-bond acceptors (Lipinski definition) is 8. The number of H-pyrrole nitrogens is 1. The normalized spacial score (nSPS) is 19.0. The number of nitrogens with zero attached hydrogens (tertiary/aromatic N) is 1. The van der Waals surface area contributed by atoms with Crippen LogP contribution < -0.4 is 19.8 Å². The van der Waals surface area contributed by atoms with Crippen LogP contribution in [0, 0.1) is 11.7 Å². The second kappa shape index (κ2) is 17.9. The van der Waals surface area contributed by atoms with Crippen molar-refractivity contribution < 1.29 is 46.7 Å². The summed E-state index contributed by atoms with van der Waals surface area (Å²) in [6.07, 6.45) is 3.36. The summed E-state index contributed by atoms with van der Waals surface area (Å²) in [4.78, 5) is 32.6. The zero-order valence-corrected chi connectivity index (χ0v) is 31.2. The first-order valence-electron chi connectivity index (χ1n) is 17.7. The molecule has 14 heteroatoms. The number of carbonyl (C=O) groups excluding carboxylic acids is 2. The molecule has 3 aliphatic heterocycles. The Morgan fingerprint density at radius 1 is 0.944 bits per heavy atom. The summed E-state index contributed by atoms with van der Waals surface area (Å²) in [6, 6.07) is 15.9. The zero-order valence-electron chi connectivity index (χ0n) is 29.7. The lowest BCUT2D eigenvalue weighted by atomic mass is 9.86. The predicted molar refractivity (Wildman–Crippen MR) is 195 cm³/mol. The van der Waals surface area contributed by atoms with Gasteiger partial charge in [0.15, 0.2) is 23.9 Å². The van der Waals surface area contributed by atoms with Crippen LogP contribution in [0.5, 0.6) is 11.5 Å². The number of alkyl halides is 2. The molecule has 3 fully saturated rings. The van der Waals surface area contributed by atoms with Crippen LogP contribution in [-0.2, 0) is 27.2 Å². The Balaban J connectivity index is 1.23. The Bertz CT molecular complexity index is 1920. The van der Waals surface area contributed by atoms with Gasteiger partial charge in [-0.25, -0.2) is 19.0 Å². The van der Waals surface area contributed by atoms with E-state index in [1.807, 2.05) is 0 Å². The number of benzene rings is 3. The first kappa shape index (κ1) is 39.3. The average molecular weight is 788 g/mol. The summed E-state index contributed by atoms with van der Waals surface area (Å²) in [7, 11) is 0. The maximum Gasteiger partial charge on any atom is 0.387 e. The molecule has 0 aliphatic carbocycles. The number of aromatic nitrogens is 1. The Morgan fingerprint density at radius 2 is 1.69 bits per heavy atom. The van der Waals surface area contributed by atoms with Crippen LogP contribution in [0.1, 0.15) is 71.4 Å². The minimum atomic E-state index is -3.09. The zero-order chi connectivity index (χ0) is 38.4. The van der Waals surface area contributed by atoms with Gasteiger partial charge in [-0.05, 0) is 87.2 Å². The van der Waals surface area contributed by atoms with Gasteiger partial charge in [-0.2, -0.15) is 8.78 Å². The molecule has 4 heterocycles. The van der Waals surface area contributed by atoms with E-state index in [-0.39, 0.29) is 53.7 Å². The summed E-state index contributed by atoms with van der Waals surface area (Å²) in [5.74, 6) is -1.69. The molecule has 2 bridgehead atoms. The van der Waals surface area contributed by atoms with Crippen molar-refractivity contribution in [3.05, 3.63) is 123 Å². The van der Waals surface area contributed by atoms with Crippen LogP contribution in [0.25, 0.3) is 0 Å². The molecule has 7 rings (SSSR count). The number of carbonyl (C=O) groups is 2. The monoisotopic (exact) mass is 786 g/mol. The molecular weight excluding hydrogens is 746 g/mol. The fraction of sp³-hybridized carbons (Fsp3) is 0.375. The quantitative estimate of drug-likeness (QED) is 0.121. The molecule has 2 N–H and O–H groups in total. The lowest BCUT2D eigenvalue weighted by Crippen LogP contribution is -2.52. The second-order valence-corrected chi connectivity index (χ2v) is 14.4. The maximum atomic E-state index is 15.1. The number of esters is 2. The molecule has 0 spiro atoms. The van der Waals surface area contributed by atoms with E-state index >= 15 is 4.39 Å². The van der Waals surface area contributed by atoms with Gasteiger partial charge in [-0.15, -0.1) is 0 Å². The van der Waals surface area contributed by atoms with Gasteiger partial charge in [0.25, 0.3) is 0 Å². The van der Waals surface area contributed by atoms with E-state index in [1.165, 1.54) is 36.7 Å². The van der Waals surface area contributed by atoms with Crippen LogP contribution in [-0.4, -0.2) is 55.3 Å². The van der Waals surface area contributed by atoms with Crippen molar-refractivity contribution in [1.82, 2.24) is 10.2 Å². The summed E-state index contributed by atoms with van der Waals surface area (Å²) < 4.78 is 64.0. The van der Waals surface area contributed by atoms with E-state index in [2.05, 4.69) is 19.9 Å². The Hall–Kier alpha value is -4.36. The summed E-state index contributed by atoms with van der Waals surface area (Å²) in [6.45, 7) is 3.09. The van der Waals surface area contributed by atoms with Gasteiger partial charge in [0, 0.05) is 30.6 Å².